The van der Waals surface area contributed by atoms with E-state index in [-0.39, 0.29) is 11.8 Å². The molecule has 1 saturated heterocycles. The lowest BCUT2D eigenvalue weighted by atomic mass is 9.99. The van der Waals surface area contributed by atoms with E-state index >= 15 is 0 Å². The Bertz CT molecular complexity index is 481. The maximum atomic E-state index is 12.2. The number of carbonyl (C=O) groups excluding carboxylic acids is 1. The first kappa shape index (κ1) is 12.0. The summed E-state index contributed by atoms with van der Waals surface area (Å²) in [5.41, 5.74) is 2.07. The monoisotopic (exact) mass is 265 g/mol. The molecule has 0 radical (unpaired) electrons. The average Bonchev–Trinajstić information content (AvgIpc) is 2.98. The lowest BCUT2D eigenvalue weighted by molar-refractivity contribution is -0.120. The lowest BCUT2D eigenvalue weighted by Crippen LogP contribution is -2.31. The fourth-order valence-electron chi connectivity index (χ4n) is 2.75. The molecule has 3 rings (SSSR count). The van der Waals surface area contributed by atoms with Crippen molar-refractivity contribution in [2.45, 2.75) is 31.7 Å². The molecule has 4 heteroatoms. The molecule has 0 aromatic heterocycles. The predicted octanol–water partition coefficient (Wildman–Crippen LogP) is 2.14. The number of rotatable bonds is 3. The molecule has 1 aromatic rings. The zero-order valence-electron chi connectivity index (χ0n) is 10.2. The van der Waals surface area contributed by atoms with E-state index in [0.29, 0.717) is 18.1 Å². The Balaban J connectivity index is 1.82. The van der Waals surface area contributed by atoms with Gasteiger partial charge in [0.15, 0.2) is 5.78 Å². The number of fused-ring (bicyclic) bond motifs is 1. The third-order valence-electron chi connectivity index (χ3n) is 3.64. The van der Waals surface area contributed by atoms with Crippen LogP contribution in [0.1, 0.15) is 24.0 Å². The van der Waals surface area contributed by atoms with E-state index < -0.39 is 0 Å². The molecule has 3 nitrogen and oxygen atoms in total. The minimum Gasteiger partial charge on any atom is -0.493 e. The Hall–Kier alpha value is -1.06. The van der Waals surface area contributed by atoms with Gasteiger partial charge in [-0.25, -0.2) is 0 Å². The number of hydrogen-bond acceptors (Lipinski definition) is 3. The van der Waals surface area contributed by atoms with Gasteiger partial charge in [-0.05, 0) is 37.1 Å². The van der Waals surface area contributed by atoms with Gasteiger partial charge in [-0.2, -0.15) is 0 Å². The normalized spacial score (nSPS) is 21.7. The third kappa shape index (κ3) is 2.25. The van der Waals surface area contributed by atoms with Crippen molar-refractivity contribution in [3.63, 3.8) is 0 Å². The molecule has 0 amide bonds. The zero-order chi connectivity index (χ0) is 12.5. The summed E-state index contributed by atoms with van der Waals surface area (Å²) in [7, 11) is 0. The molecule has 0 bridgehead atoms. The number of ketones is 1. The highest BCUT2D eigenvalue weighted by atomic mass is 35.5. The Labute approximate surface area is 111 Å². The van der Waals surface area contributed by atoms with E-state index in [1.54, 1.807) is 0 Å². The third-order valence-corrected chi connectivity index (χ3v) is 3.86. The summed E-state index contributed by atoms with van der Waals surface area (Å²) in [5.74, 6) is 1.12. The topological polar surface area (TPSA) is 38.3 Å². The van der Waals surface area contributed by atoms with E-state index in [1.165, 1.54) is 0 Å². The predicted molar refractivity (Wildman–Crippen MR) is 70.4 cm³/mol. The van der Waals surface area contributed by atoms with Gasteiger partial charge in [0.25, 0.3) is 0 Å². The molecular weight excluding hydrogens is 250 g/mol. The van der Waals surface area contributed by atoms with Gasteiger partial charge in [0.1, 0.15) is 5.75 Å². The van der Waals surface area contributed by atoms with Crippen LogP contribution in [0.2, 0.25) is 5.02 Å². The SMILES string of the molecule is O=C(Cc1cc(Cl)cc2c1OCC2)C1CCCN1. The number of benzene rings is 1. The largest absolute Gasteiger partial charge is 0.493 e. The van der Waals surface area contributed by atoms with Crippen LogP contribution in [0.5, 0.6) is 5.75 Å². The number of Topliss-reactive ketones (excluding diaryl/α,β-unsaturated/α-hetero) is 1. The second kappa shape index (κ2) is 4.90. The standard InChI is InChI=1S/C14H16ClNO2/c15-11-6-9-3-5-18-14(9)10(7-11)8-13(17)12-2-1-4-16-12/h6-7,12,16H,1-5,8H2. The highest BCUT2D eigenvalue weighted by Crippen LogP contribution is 2.33. The fourth-order valence-corrected chi connectivity index (χ4v) is 3.01. The first-order valence-corrected chi connectivity index (χ1v) is 6.82. The van der Waals surface area contributed by atoms with Crippen LogP contribution < -0.4 is 10.1 Å². The molecule has 96 valence electrons. The summed E-state index contributed by atoms with van der Waals surface area (Å²) in [6.45, 7) is 1.64. The zero-order valence-corrected chi connectivity index (χ0v) is 10.9. The Kier molecular flexibility index (Phi) is 3.27. The van der Waals surface area contributed by atoms with Gasteiger partial charge in [0.05, 0.1) is 12.6 Å². The minimum absolute atomic E-state index is 0.0148. The van der Waals surface area contributed by atoms with Crippen molar-refractivity contribution >= 4 is 17.4 Å². The van der Waals surface area contributed by atoms with Crippen molar-refractivity contribution in [1.29, 1.82) is 0 Å². The maximum absolute atomic E-state index is 12.2. The molecule has 1 aromatic carbocycles. The van der Waals surface area contributed by atoms with Crippen LogP contribution >= 0.6 is 11.6 Å². The summed E-state index contributed by atoms with van der Waals surface area (Å²) in [5, 5.41) is 3.93. The number of hydrogen-bond donors (Lipinski definition) is 1. The Morgan fingerprint density at radius 2 is 2.39 bits per heavy atom. The van der Waals surface area contributed by atoms with Crippen LogP contribution in [-0.2, 0) is 17.6 Å². The van der Waals surface area contributed by atoms with E-state index in [9.17, 15) is 4.79 Å². The maximum Gasteiger partial charge on any atom is 0.154 e. The van der Waals surface area contributed by atoms with Crippen molar-refractivity contribution in [3.8, 4) is 5.75 Å². The van der Waals surface area contributed by atoms with Crippen molar-refractivity contribution in [3.05, 3.63) is 28.3 Å². The molecule has 2 aliphatic heterocycles. The van der Waals surface area contributed by atoms with Gasteiger partial charge < -0.3 is 10.1 Å². The summed E-state index contributed by atoms with van der Waals surface area (Å²) in [6, 6.07) is 3.81. The van der Waals surface area contributed by atoms with Crippen LogP contribution in [-0.4, -0.2) is 25.0 Å². The van der Waals surface area contributed by atoms with Gasteiger partial charge in [-0.1, -0.05) is 11.6 Å². The summed E-state index contributed by atoms with van der Waals surface area (Å²) < 4.78 is 5.62. The van der Waals surface area contributed by atoms with E-state index in [2.05, 4.69) is 5.32 Å². The van der Waals surface area contributed by atoms with Crippen molar-refractivity contribution in [2.75, 3.05) is 13.2 Å². The van der Waals surface area contributed by atoms with Gasteiger partial charge in [0, 0.05) is 23.4 Å². The molecule has 18 heavy (non-hydrogen) atoms. The quantitative estimate of drug-likeness (QED) is 0.910. The highest BCUT2D eigenvalue weighted by Gasteiger charge is 2.25. The first-order valence-electron chi connectivity index (χ1n) is 6.44. The summed E-state index contributed by atoms with van der Waals surface area (Å²) in [6.07, 6.45) is 3.34. The van der Waals surface area contributed by atoms with Crippen molar-refractivity contribution in [1.82, 2.24) is 5.32 Å². The average molecular weight is 266 g/mol. The van der Waals surface area contributed by atoms with Crippen LogP contribution in [0, 0.1) is 0 Å². The second-order valence-corrected chi connectivity index (χ2v) is 5.38. The molecule has 0 spiro atoms. The molecular formula is C14H16ClNO2. The molecule has 1 atom stereocenters. The molecule has 1 unspecified atom stereocenters. The number of halogens is 1. The van der Waals surface area contributed by atoms with Gasteiger partial charge in [-0.15, -0.1) is 0 Å². The Morgan fingerprint density at radius 1 is 1.50 bits per heavy atom. The molecule has 2 aliphatic rings. The van der Waals surface area contributed by atoms with E-state index in [0.717, 1.165) is 42.7 Å². The first-order chi connectivity index (χ1) is 8.74. The van der Waals surface area contributed by atoms with E-state index in [1.807, 2.05) is 12.1 Å². The molecule has 1 fully saturated rings. The lowest BCUT2D eigenvalue weighted by Gasteiger charge is -2.12. The molecule has 1 N–H and O–H groups in total. The molecule has 2 heterocycles. The van der Waals surface area contributed by atoms with Gasteiger partial charge in [-0.3, -0.25) is 4.79 Å². The Morgan fingerprint density at radius 3 is 3.17 bits per heavy atom. The smallest absolute Gasteiger partial charge is 0.154 e. The molecule has 0 aliphatic carbocycles. The highest BCUT2D eigenvalue weighted by molar-refractivity contribution is 6.30. The second-order valence-electron chi connectivity index (χ2n) is 4.94. The van der Waals surface area contributed by atoms with Gasteiger partial charge >= 0.3 is 0 Å². The van der Waals surface area contributed by atoms with Crippen LogP contribution in [0.3, 0.4) is 0 Å². The van der Waals surface area contributed by atoms with Gasteiger partial charge in [0.2, 0.25) is 0 Å². The molecule has 0 saturated carbocycles. The number of nitrogens with one attached hydrogen (secondary N) is 1. The van der Waals surface area contributed by atoms with Crippen molar-refractivity contribution < 1.29 is 9.53 Å². The number of carbonyl (C=O) groups is 1. The summed E-state index contributed by atoms with van der Waals surface area (Å²) >= 11 is 6.09. The summed E-state index contributed by atoms with van der Waals surface area (Å²) in [4.78, 5) is 12.2. The van der Waals surface area contributed by atoms with E-state index in [4.69, 9.17) is 16.3 Å². The number of ether oxygens (including phenoxy) is 1. The minimum atomic E-state index is 0.0148. The van der Waals surface area contributed by atoms with Crippen molar-refractivity contribution in [2.24, 2.45) is 0 Å². The fraction of sp³-hybridized carbons (Fsp3) is 0.500. The van der Waals surface area contributed by atoms with Crippen LogP contribution in [0.25, 0.3) is 0 Å². The van der Waals surface area contributed by atoms with Crippen LogP contribution in [0.15, 0.2) is 12.1 Å². The van der Waals surface area contributed by atoms with Crippen LogP contribution in [0.4, 0.5) is 0 Å².